The maximum absolute atomic E-state index is 10.9. The zero-order chi connectivity index (χ0) is 43.8. The molecule has 9 heteroatoms. The second-order valence-electron chi connectivity index (χ2n) is 14.9. The normalized spacial score (nSPS) is 15.8. The Morgan fingerprint density at radius 1 is 0.833 bits per heavy atom. The van der Waals surface area contributed by atoms with E-state index in [1.165, 1.54) is 75.8 Å². The molecule has 1 saturated carbocycles. The molecule has 5 aromatic carbocycles. The highest BCUT2D eigenvalue weighted by atomic mass is 32.2. The third-order valence-electron chi connectivity index (χ3n) is 11.0. The van der Waals surface area contributed by atoms with Gasteiger partial charge in [0.2, 0.25) is 0 Å². The summed E-state index contributed by atoms with van der Waals surface area (Å²) in [6, 6.07) is 41.3. The van der Waals surface area contributed by atoms with Crippen LogP contribution in [0.3, 0.4) is 0 Å². The molecule has 3 atom stereocenters. The molecule has 0 saturated heterocycles. The molecule has 5 aromatic rings. The fourth-order valence-electron chi connectivity index (χ4n) is 8.15. The fraction of sp³-hybridized carbons (Fsp3) is 0.333. The number of nitrogens with one attached hydrogen (secondary N) is 2. The van der Waals surface area contributed by atoms with Gasteiger partial charge in [0.15, 0.2) is 0 Å². The molecule has 1 aliphatic carbocycles. The number of aryl methyl sites for hydroxylation is 1. The highest BCUT2D eigenvalue weighted by Crippen LogP contribution is 2.41. The number of allylic oxidation sites excluding steroid dienone is 3. The Balaban J connectivity index is 0.000000800. The summed E-state index contributed by atoms with van der Waals surface area (Å²) in [6.07, 6.45) is 9.08. The first-order valence-electron chi connectivity index (χ1n) is 21.1. The molecule has 0 aliphatic heterocycles. The molecule has 2 N–H and O–H groups in total. The van der Waals surface area contributed by atoms with Crippen LogP contribution in [0.5, 0.6) is 0 Å². The van der Waals surface area contributed by atoms with Gasteiger partial charge in [0.05, 0.1) is 0 Å². The van der Waals surface area contributed by atoms with Crippen LogP contribution < -0.4 is 19.2 Å². The molecule has 0 heterocycles. The first-order valence-corrected chi connectivity index (χ1v) is 22.4. The summed E-state index contributed by atoms with van der Waals surface area (Å²) in [5, 5.41) is 6.58. The summed E-state index contributed by atoms with van der Waals surface area (Å²) in [6.45, 7) is 25.0. The minimum absolute atomic E-state index is 0.0496. The van der Waals surface area contributed by atoms with E-state index in [0.29, 0.717) is 12.0 Å². The van der Waals surface area contributed by atoms with Crippen molar-refractivity contribution in [1.29, 1.82) is 0 Å². The molecule has 0 radical (unpaired) electrons. The first kappa shape index (κ1) is 48.1. The number of likely N-dealkylation sites (N-methyl/N-ethyl adjacent to an activating group) is 1. The average molecular weight is 853 g/mol. The second-order valence-corrected chi connectivity index (χ2v) is 16.3. The summed E-state index contributed by atoms with van der Waals surface area (Å²) in [5.41, 5.74) is 7.88. The van der Waals surface area contributed by atoms with E-state index < -0.39 is 17.5 Å². The van der Waals surface area contributed by atoms with Gasteiger partial charge in [-0.15, -0.1) is 0 Å². The predicted octanol–water partition coefficient (Wildman–Crippen LogP) is 15.6. The SMILES string of the molecule is C=C/C=C(\C(=C)C)N(CC)c1ccc(C(c2ccc(N(CC)c3ccccc3C)cc2)c2ccc(NC3CCCCC3C)c3ccccc23)cc1.CC.FC(F)(F)SNS. The lowest BCUT2D eigenvalue weighted by Gasteiger charge is -2.31. The molecule has 0 aromatic heterocycles. The van der Waals surface area contributed by atoms with Crippen molar-refractivity contribution in [3.63, 3.8) is 0 Å². The van der Waals surface area contributed by atoms with E-state index in [2.05, 4.69) is 191 Å². The Hall–Kier alpha value is -4.57. The highest BCUT2D eigenvalue weighted by Gasteiger charge is 2.28. The van der Waals surface area contributed by atoms with E-state index in [-0.39, 0.29) is 5.92 Å². The van der Waals surface area contributed by atoms with E-state index in [4.69, 9.17) is 0 Å². The minimum atomic E-state index is -4.22. The largest absolute Gasteiger partial charge is 0.456 e. The third kappa shape index (κ3) is 12.5. The number of halogens is 3. The zero-order valence-electron chi connectivity index (χ0n) is 36.3. The molecule has 6 rings (SSSR count). The number of benzene rings is 5. The molecule has 0 amide bonds. The molecule has 320 valence electrons. The molecule has 0 bridgehead atoms. The van der Waals surface area contributed by atoms with Gasteiger partial charge < -0.3 is 15.1 Å². The van der Waals surface area contributed by atoms with Crippen molar-refractivity contribution in [2.75, 3.05) is 28.2 Å². The third-order valence-corrected chi connectivity index (χ3v) is 11.6. The molecular formula is C51H63F3N4S2. The van der Waals surface area contributed by atoms with Crippen molar-refractivity contribution in [3.05, 3.63) is 168 Å². The molecular weight excluding hydrogens is 790 g/mol. The van der Waals surface area contributed by atoms with Crippen LogP contribution in [-0.4, -0.2) is 24.6 Å². The van der Waals surface area contributed by atoms with E-state index in [0.717, 1.165) is 30.0 Å². The van der Waals surface area contributed by atoms with Gasteiger partial charge in [0.25, 0.3) is 0 Å². The maximum Gasteiger partial charge on any atom is 0.456 e. The van der Waals surface area contributed by atoms with Crippen LogP contribution in [-0.2, 0) is 0 Å². The van der Waals surface area contributed by atoms with E-state index >= 15 is 0 Å². The summed E-state index contributed by atoms with van der Waals surface area (Å²) >= 11 is 2.71. The summed E-state index contributed by atoms with van der Waals surface area (Å²) < 4.78 is 34.3. The second kappa shape index (κ2) is 23.4. The number of alkyl halides is 3. The van der Waals surface area contributed by atoms with Crippen molar-refractivity contribution in [2.24, 2.45) is 5.92 Å². The van der Waals surface area contributed by atoms with Crippen LogP contribution in [0.1, 0.15) is 95.4 Å². The van der Waals surface area contributed by atoms with Crippen LogP contribution in [0.2, 0.25) is 0 Å². The van der Waals surface area contributed by atoms with Crippen LogP contribution in [0.4, 0.5) is 35.9 Å². The lowest BCUT2D eigenvalue weighted by atomic mass is 9.82. The van der Waals surface area contributed by atoms with Crippen molar-refractivity contribution in [2.45, 2.75) is 91.6 Å². The molecule has 1 fully saturated rings. The lowest BCUT2D eigenvalue weighted by molar-refractivity contribution is -0.0331. The number of rotatable bonds is 14. The van der Waals surface area contributed by atoms with E-state index in [1.54, 1.807) is 4.13 Å². The monoisotopic (exact) mass is 852 g/mol. The van der Waals surface area contributed by atoms with Gasteiger partial charge in [-0.1, -0.05) is 138 Å². The van der Waals surface area contributed by atoms with Crippen molar-refractivity contribution in [3.8, 4) is 0 Å². The Labute approximate surface area is 367 Å². The molecule has 1 aliphatic rings. The predicted molar refractivity (Wildman–Crippen MR) is 260 cm³/mol. The number of fused-ring (bicyclic) bond motifs is 1. The topological polar surface area (TPSA) is 30.5 Å². The first-order chi connectivity index (χ1) is 28.9. The quantitative estimate of drug-likeness (QED) is 0.0448. The number of para-hydroxylation sites is 1. The highest BCUT2D eigenvalue weighted by molar-refractivity contribution is 8.06. The lowest BCUT2D eigenvalue weighted by Crippen LogP contribution is -2.30. The number of hydrogen-bond donors (Lipinski definition) is 3. The number of nitrogens with zero attached hydrogens (tertiary/aromatic N) is 2. The fourth-order valence-corrected chi connectivity index (χ4v) is 8.57. The van der Waals surface area contributed by atoms with Gasteiger partial charge in [-0.3, -0.25) is 0 Å². The number of thiol groups is 1. The van der Waals surface area contributed by atoms with Crippen LogP contribution in [0.15, 0.2) is 146 Å². The van der Waals surface area contributed by atoms with Crippen LogP contribution in [0, 0.1) is 12.8 Å². The van der Waals surface area contributed by atoms with Gasteiger partial charge in [-0.25, -0.2) is 4.13 Å². The molecule has 4 nitrogen and oxygen atoms in total. The average Bonchev–Trinajstić information content (AvgIpc) is 3.25. The Morgan fingerprint density at radius 2 is 1.42 bits per heavy atom. The minimum Gasteiger partial charge on any atom is -0.382 e. The summed E-state index contributed by atoms with van der Waals surface area (Å²) in [7, 11) is 0. The zero-order valence-corrected chi connectivity index (χ0v) is 38.0. The molecule has 60 heavy (non-hydrogen) atoms. The number of anilines is 4. The summed E-state index contributed by atoms with van der Waals surface area (Å²) in [5.74, 6) is 0.729. The van der Waals surface area contributed by atoms with Crippen LogP contribution in [0.25, 0.3) is 10.8 Å². The Morgan fingerprint density at radius 3 is 1.93 bits per heavy atom. The Kier molecular flexibility index (Phi) is 18.8. The van der Waals surface area contributed by atoms with Crippen molar-refractivity contribution >= 4 is 58.3 Å². The van der Waals surface area contributed by atoms with E-state index in [1.807, 2.05) is 19.9 Å². The van der Waals surface area contributed by atoms with Crippen molar-refractivity contribution < 1.29 is 13.2 Å². The van der Waals surface area contributed by atoms with Gasteiger partial charge in [0, 0.05) is 70.8 Å². The molecule has 0 spiro atoms. The summed E-state index contributed by atoms with van der Waals surface area (Å²) in [4.78, 5) is 4.71. The smallest absolute Gasteiger partial charge is 0.382 e. The number of hydrogen-bond acceptors (Lipinski definition) is 6. The standard InChI is InChI=1S/C48H55N3.C2H6.CH2F3NS2/c1-8-17-46(34(4)5)50(9-2)39-28-24-37(25-29-39)48(38-26-30-40(31-27-38)51(10-3)47-23-16-12-19-36(47)7)43-32-33-45(42-21-14-13-20-41(42)43)49-44-22-15-11-18-35(44)6;1-2;2-1(3,4)7-5-6/h8,12-14,16-17,19-21,23-33,35,44,48-49H,1,4,9-11,15,18,22H2,2-3,5-7H3;1-2H3;5-6H/b46-17+;;. The Bertz CT molecular complexity index is 2150. The molecule has 3 unspecified atom stereocenters. The maximum atomic E-state index is 10.9. The van der Waals surface area contributed by atoms with Crippen molar-refractivity contribution in [1.82, 2.24) is 4.13 Å². The van der Waals surface area contributed by atoms with Crippen LogP contribution >= 0.6 is 24.8 Å². The van der Waals surface area contributed by atoms with E-state index in [9.17, 15) is 13.2 Å². The van der Waals surface area contributed by atoms with Gasteiger partial charge in [-0.2, -0.15) is 13.2 Å². The van der Waals surface area contributed by atoms with Gasteiger partial charge in [-0.05, 0) is 122 Å². The van der Waals surface area contributed by atoms with Gasteiger partial charge in [0.1, 0.15) is 0 Å². The van der Waals surface area contributed by atoms with Gasteiger partial charge >= 0.3 is 5.51 Å².